The van der Waals surface area contributed by atoms with E-state index in [-0.39, 0.29) is 22.8 Å². The van der Waals surface area contributed by atoms with Crippen LogP contribution in [0.2, 0.25) is 18.1 Å². The van der Waals surface area contributed by atoms with Crippen LogP contribution in [0.5, 0.6) is 0 Å². The summed E-state index contributed by atoms with van der Waals surface area (Å²) in [6, 6.07) is 0. The molecule has 4 nitrogen and oxygen atoms in total. The second-order valence-corrected chi connectivity index (χ2v) is 14.9. The smallest absolute Gasteiger partial charge is 0.296 e. The third-order valence-corrected chi connectivity index (χ3v) is 9.80. The summed E-state index contributed by atoms with van der Waals surface area (Å²) in [5.74, 6) is 0.955. The molecule has 0 radical (unpaired) electrons. The van der Waals surface area contributed by atoms with Gasteiger partial charge in [-0.15, -0.1) is 0 Å². The van der Waals surface area contributed by atoms with Crippen molar-refractivity contribution in [2.24, 2.45) is 23.7 Å². The molecule has 0 unspecified atom stereocenters. The quantitative estimate of drug-likeness (QED) is 0.151. The normalized spacial score (nSPS) is 15.4. The maximum absolute atomic E-state index is 13.3. The van der Waals surface area contributed by atoms with Gasteiger partial charge in [0.05, 0.1) is 5.92 Å². The number of ether oxygens (including phenoxy) is 2. The zero-order valence-electron chi connectivity index (χ0n) is 20.1. The molecule has 0 heterocycles. The van der Waals surface area contributed by atoms with Gasteiger partial charge in [-0.2, -0.15) is 0 Å². The Morgan fingerprint density at radius 3 is 2.14 bits per heavy atom. The first kappa shape index (κ1) is 27.3. The molecule has 5 heteroatoms. The van der Waals surface area contributed by atoms with Crippen molar-refractivity contribution in [3.8, 4) is 0 Å². The lowest BCUT2D eigenvalue weighted by atomic mass is 9.82. The SMILES string of the molecule is COCOCCC[C@H](C=CC(C)C)[C@@H](CC(C)C)C(=O)O[Si](C)(C)C(C)(C)C. The van der Waals surface area contributed by atoms with Crippen LogP contribution in [-0.4, -0.2) is 34.8 Å². The van der Waals surface area contributed by atoms with Gasteiger partial charge in [0.15, 0.2) is 0 Å². The number of carbonyl (C=O) groups excluding carboxylic acids is 1. The van der Waals surface area contributed by atoms with Crippen LogP contribution in [-0.2, 0) is 18.7 Å². The first-order chi connectivity index (χ1) is 12.8. The minimum Gasteiger partial charge on any atom is -0.519 e. The van der Waals surface area contributed by atoms with Gasteiger partial charge in [-0.3, -0.25) is 4.79 Å². The van der Waals surface area contributed by atoms with Crippen LogP contribution in [0.15, 0.2) is 12.2 Å². The molecule has 166 valence electrons. The van der Waals surface area contributed by atoms with Crippen LogP contribution < -0.4 is 0 Å². The van der Waals surface area contributed by atoms with E-state index >= 15 is 0 Å². The number of hydrogen-bond acceptors (Lipinski definition) is 4. The fourth-order valence-electron chi connectivity index (χ4n) is 2.79. The van der Waals surface area contributed by atoms with Crippen molar-refractivity contribution in [3.05, 3.63) is 12.2 Å². The van der Waals surface area contributed by atoms with Crippen LogP contribution >= 0.6 is 0 Å². The predicted octanol–water partition coefficient (Wildman–Crippen LogP) is 6.43. The Balaban J connectivity index is 5.41. The highest BCUT2D eigenvalue weighted by Crippen LogP contribution is 2.38. The lowest BCUT2D eigenvalue weighted by molar-refractivity contribution is -0.142. The molecule has 0 bridgehead atoms. The number of allylic oxidation sites excluding steroid dienone is 2. The zero-order chi connectivity index (χ0) is 22.0. The molecule has 0 N–H and O–H groups in total. The Morgan fingerprint density at radius 2 is 1.68 bits per heavy atom. The van der Waals surface area contributed by atoms with E-state index in [0.29, 0.717) is 25.2 Å². The summed E-state index contributed by atoms with van der Waals surface area (Å²) < 4.78 is 16.6. The minimum absolute atomic E-state index is 0.0162. The summed E-state index contributed by atoms with van der Waals surface area (Å²) in [7, 11) is -0.507. The van der Waals surface area contributed by atoms with Crippen molar-refractivity contribution in [3.63, 3.8) is 0 Å². The standard InChI is InChI=1S/C23H46O4Si/c1-18(2)13-14-20(12-11-15-26-17-25-8)21(16-19(3)4)22(24)27-28(9,10)23(5,6)7/h13-14,18-21H,11-12,15-17H2,1-10H3/t20-,21-/m1/s1. The molecule has 0 aliphatic heterocycles. The number of rotatable bonds is 13. The lowest BCUT2D eigenvalue weighted by Gasteiger charge is -2.37. The highest BCUT2D eigenvalue weighted by Gasteiger charge is 2.42. The highest BCUT2D eigenvalue weighted by molar-refractivity contribution is 6.75. The largest absolute Gasteiger partial charge is 0.519 e. The molecule has 0 spiro atoms. The summed E-state index contributed by atoms with van der Waals surface area (Å²) in [5, 5.41) is 0.0162. The lowest BCUT2D eigenvalue weighted by Crippen LogP contribution is -2.45. The zero-order valence-corrected chi connectivity index (χ0v) is 21.1. The Kier molecular flexibility index (Phi) is 12.5. The van der Waals surface area contributed by atoms with E-state index in [9.17, 15) is 4.79 Å². The van der Waals surface area contributed by atoms with E-state index in [0.717, 1.165) is 19.3 Å². The minimum atomic E-state index is -2.14. The van der Waals surface area contributed by atoms with Gasteiger partial charge in [0.2, 0.25) is 0 Å². The maximum Gasteiger partial charge on any atom is 0.296 e. The maximum atomic E-state index is 13.3. The van der Waals surface area contributed by atoms with Gasteiger partial charge in [-0.25, -0.2) is 0 Å². The van der Waals surface area contributed by atoms with Gasteiger partial charge in [-0.1, -0.05) is 60.6 Å². The number of methoxy groups -OCH3 is 1. The molecular weight excluding hydrogens is 368 g/mol. The molecule has 0 saturated heterocycles. The van der Waals surface area contributed by atoms with E-state index in [1.807, 2.05) is 0 Å². The second-order valence-electron chi connectivity index (χ2n) is 10.2. The molecule has 0 amide bonds. The third-order valence-electron chi connectivity index (χ3n) is 5.48. The topological polar surface area (TPSA) is 44.8 Å². The molecule has 0 aromatic heterocycles. The fourth-order valence-corrected chi connectivity index (χ4v) is 3.75. The van der Waals surface area contributed by atoms with Gasteiger partial charge in [0, 0.05) is 13.7 Å². The van der Waals surface area contributed by atoms with Crippen molar-refractivity contribution in [2.45, 2.75) is 85.9 Å². The van der Waals surface area contributed by atoms with Gasteiger partial charge in [0.1, 0.15) is 6.79 Å². The Labute approximate surface area is 175 Å². The van der Waals surface area contributed by atoms with E-state index < -0.39 is 8.32 Å². The van der Waals surface area contributed by atoms with Crippen LogP contribution in [0.25, 0.3) is 0 Å². The molecule has 0 rings (SSSR count). The molecule has 0 fully saturated rings. The Morgan fingerprint density at radius 1 is 1.07 bits per heavy atom. The van der Waals surface area contributed by atoms with Crippen LogP contribution in [0.3, 0.4) is 0 Å². The van der Waals surface area contributed by atoms with Crippen LogP contribution in [0.4, 0.5) is 0 Å². The second kappa shape index (κ2) is 12.8. The summed E-state index contributed by atoms with van der Waals surface area (Å²) in [5.41, 5.74) is 0. The monoisotopic (exact) mass is 414 g/mol. The fraction of sp³-hybridized carbons (Fsp3) is 0.870. The van der Waals surface area contributed by atoms with Crippen molar-refractivity contribution in [1.82, 2.24) is 0 Å². The van der Waals surface area contributed by atoms with Crippen molar-refractivity contribution < 1.29 is 18.7 Å². The van der Waals surface area contributed by atoms with Gasteiger partial charge in [-0.05, 0) is 55.1 Å². The van der Waals surface area contributed by atoms with Crippen molar-refractivity contribution >= 4 is 14.3 Å². The molecule has 28 heavy (non-hydrogen) atoms. The number of hydrogen-bond donors (Lipinski definition) is 0. The first-order valence-electron chi connectivity index (χ1n) is 10.8. The highest BCUT2D eigenvalue weighted by atomic mass is 28.4. The van der Waals surface area contributed by atoms with Gasteiger partial charge >= 0.3 is 0 Å². The first-order valence-corrected chi connectivity index (χ1v) is 13.7. The third kappa shape index (κ3) is 10.8. The van der Waals surface area contributed by atoms with Gasteiger partial charge < -0.3 is 13.9 Å². The molecule has 0 aliphatic rings. The van der Waals surface area contributed by atoms with Crippen LogP contribution in [0, 0.1) is 23.7 Å². The molecular formula is C23H46O4Si. The van der Waals surface area contributed by atoms with Crippen molar-refractivity contribution in [2.75, 3.05) is 20.5 Å². The molecule has 0 aromatic rings. The molecule has 0 aliphatic carbocycles. The van der Waals surface area contributed by atoms with E-state index in [2.05, 4.69) is 73.7 Å². The Bertz CT molecular complexity index is 464. The average Bonchev–Trinajstić information content (AvgIpc) is 2.53. The number of carbonyl (C=O) groups is 1. The summed E-state index contributed by atoms with van der Waals surface area (Å²) >= 11 is 0. The summed E-state index contributed by atoms with van der Waals surface area (Å²) in [6.07, 6.45) is 7.11. The van der Waals surface area contributed by atoms with Gasteiger partial charge in [0.25, 0.3) is 14.3 Å². The summed E-state index contributed by atoms with van der Waals surface area (Å²) in [6.45, 7) is 20.5. The Hall–Kier alpha value is -0.653. The van der Waals surface area contributed by atoms with Crippen molar-refractivity contribution in [1.29, 1.82) is 0 Å². The van der Waals surface area contributed by atoms with E-state index in [4.69, 9.17) is 13.9 Å². The van der Waals surface area contributed by atoms with E-state index in [1.165, 1.54) is 0 Å². The molecule has 2 atom stereocenters. The van der Waals surface area contributed by atoms with Crippen LogP contribution in [0.1, 0.15) is 67.7 Å². The van der Waals surface area contributed by atoms with E-state index in [1.54, 1.807) is 7.11 Å². The predicted molar refractivity (Wildman–Crippen MR) is 121 cm³/mol. The molecule has 0 aromatic carbocycles. The summed E-state index contributed by atoms with van der Waals surface area (Å²) in [4.78, 5) is 13.3. The molecule has 0 saturated carbocycles. The average molecular weight is 415 g/mol.